The molecule has 0 amide bonds. The highest BCUT2D eigenvalue weighted by Gasteiger charge is 2.30. The van der Waals surface area contributed by atoms with E-state index in [4.69, 9.17) is 4.74 Å². The van der Waals surface area contributed by atoms with Crippen LogP contribution < -0.4 is 5.32 Å². The Kier molecular flexibility index (Phi) is 5.05. The highest BCUT2D eigenvalue weighted by atomic mass is 16.5. The largest absolute Gasteiger partial charge is 0.370 e. The van der Waals surface area contributed by atoms with Gasteiger partial charge >= 0.3 is 0 Å². The first kappa shape index (κ1) is 14.3. The zero-order chi connectivity index (χ0) is 13.0. The molecule has 18 heavy (non-hydrogen) atoms. The van der Waals surface area contributed by atoms with Gasteiger partial charge in [-0.05, 0) is 53.1 Å². The molecule has 0 radical (unpaired) electrons. The average Bonchev–Trinajstić information content (AvgIpc) is 2.74. The summed E-state index contributed by atoms with van der Waals surface area (Å²) in [5.74, 6) is 0. The third kappa shape index (κ3) is 4.52. The molecule has 1 heterocycles. The molecule has 1 N–H and O–H groups in total. The van der Waals surface area contributed by atoms with Gasteiger partial charge in [-0.1, -0.05) is 12.8 Å². The summed E-state index contributed by atoms with van der Waals surface area (Å²) >= 11 is 0. The second kappa shape index (κ2) is 6.36. The topological polar surface area (TPSA) is 24.5 Å². The van der Waals surface area contributed by atoms with Gasteiger partial charge in [0.2, 0.25) is 0 Å². The van der Waals surface area contributed by atoms with E-state index >= 15 is 0 Å². The first-order valence-corrected chi connectivity index (χ1v) is 7.69. The Morgan fingerprint density at radius 3 is 2.67 bits per heavy atom. The molecule has 1 atom stereocenters. The summed E-state index contributed by atoms with van der Waals surface area (Å²) in [7, 11) is 0. The van der Waals surface area contributed by atoms with Crippen LogP contribution in [0.2, 0.25) is 0 Å². The Bertz CT molecular complexity index is 249. The van der Waals surface area contributed by atoms with E-state index in [0.717, 1.165) is 19.1 Å². The molecule has 0 aromatic rings. The molecule has 0 bridgehead atoms. The minimum Gasteiger partial charge on any atom is -0.370 e. The molecule has 3 heteroatoms. The van der Waals surface area contributed by atoms with Crippen LogP contribution in [-0.4, -0.2) is 48.8 Å². The lowest BCUT2D eigenvalue weighted by atomic mass is 10.1. The van der Waals surface area contributed by atoms with Crippen molar-refractivity contribution >= 4 is 0 Å². The van der Waals surface area contributed by atoms with Crippen molar-refractivity contribution < 1.29 is 4.74 Å². The molecule has 0 spiro atoms. The number of hydrogen-bond acceptors (Lipinski definition) is 3. The molecule has 1 saturated heterocycles. The lowest BCUT2D eigenvalue weighted by Gasteiger charge is -2.41. The van der Waals surface area contributed by atoms with Gasteiger partial charge in [0, 0.05) is 19.1 Å². The van der Waals surface area contributed by atoms with Crippen LogP contribution in [-0.2, 0) is 4.74 Å². The monoisotopic (exact) mass is 254 g/mol. The van der Waals surface area contributed by atoms with Crippen molar-refractivity contribution in [1.82, 2.24) is 10.2 Å². The van der Waals surface area contributed by atoms with Gasteiger partial charge in [-0.2, -0.15) is 0 Å². The Labute approximate surface area is 112 Å². The van der Waals surface area contributed by atoms with Crippen molar-refractivity contribution in [3.05, 3.63) is 0 Å². The summed E-state index contributed by atoms with van der Waals surface area (Å²) < 4.78 is 5.93. The predicted octanol–water partition coefficient (Wildman–Crippen LogP) is 2.41. The van der Waals surface area contributed by atoms with Crippen LogP contribution in [0.1, 0.15) is 52.9 Å². The Balaban J connectivity index is 1.60. The Morgan fingerprint density at radius 1 is 1.28 bits per heavy atom. The average molecular weight is 254 g/mol. The van der Waals surface area contributed by atoms with Crippen molar-refractivity contribution in [3.63, 3.8) is 0 Å². The molecule has 1 saturated carbocycles. The molecule has 2 aliphatic rings. The lowest BCUT2D eigenvalue weighted by Crippen LogP contribution is -2.52. The van der Waals surface area contributed by atoms with Crippen molar-refractivity contribution in [2.24, 2.45) is 0 Å². The number of morpholine rings is 1. The maximum absolute atomic E-state index is 5.93. The fourth-order valence-electron chi connectivity index (χ4n) is 3.49. The first-order chi connectivity index (χ1) is 8.55. The van der Waals surface area contributed by atoms with Gasteiger partial charge < -0.3 is 10.1 Å². The van der Waals surface area contributed by atoms with Crippen LogP contribution in [0.15, 0.2) is 0 Å². The quantitative estimate of drug-likeness (QED) is 0.763. The van der Waals surface area contributed by atoms with Gasteiger partial charge in [-0.3, -0.25) is 4.90 Å². The van der Waals surface area contributed by atoms with Crippen LogP contribution >= 0.6 is 0 Å². The lowest BCUT2D eigenvalue weighted by molar-refractivity contribution is -0.128. The highest BCUT2D eigenvalue weighted by Crippen LogP contribution is 2.21. The smallest absolute Gasteiger partial charge is 0.0757 e. The molecule has 1 unspecified atom stereocenters. The van der Waals surface area contributed by atoms with Crippen molar-refractivity contribution in [3.8, 4) is 0 Å². The van der Waals surface area contributed by atoms with Gasteiger partial charge in [0.25, 0.3) is 0 Å². The molecule has 3 nitrogen and oxygen atoms in total. The standard InChI is InChI=1S/C15H30N2O/c1-13-11-17(12-15(2,3)18-13)10-6-9-16-14-7-4-5-8-14/h13-14,16H,4-12H2,1-3H3. The fourth-order valence-corrected chi connectivity index (χ4v) is 3.49. The fraction of sp³-hybridized carbons (Fsp3) is 1.00. The molecule has 1 aliphatic carbocycles. The van der Waals surface area contributed by atoms with E-state index in [0.29, 0.717) is 6.10 Å². The van der Waals surface area contributed by atoms with Crippen LogP contribution in [0.5, 0.6) is 0 Å². The number of ether oxygens (including phenoxy) is 1. The molecule has 106 valence electrons. The van der Waals surface area contributed by atoms with E-state index in [1.807, 2.05) is 0 Å². The third-order valence-electron chi connectivity index (χ3n) is 4.08. The molecule has 0 aromatic carbocycles. The minimum atomic E-state index is 0.0244. The third-order valence-corrected chi connectivity index (χ3v) is 4.08. The maximum Gasteiger partial charge on any atom is 0.0757 e. The zero-order valence-corrected chi connectivity index (χ0v) is 12.4. The van der Waals surface area contributed by atoms with Gasteiger partial charge in [0.05, 0.1) is 11.7 Å². The second-order valence-electron chi connectivity index (χ2n) is 6.71. The first-order valence-electron chi connectivity index (χ1n) is 7.69. The van der Waals surface area contributed by atoms with Crippen LogP contribution in [0.3, 0.4) is 0 Å². The molecule has 2 rings (SSSR count). The van der Waals surface area contributed by atoms with E-state index in [2.05, 4.69) is 31.0 Å². The normalized spacial score (nSPS) is 29.8. The number of rotatable bonds is 5. The van der Waals surface area contributed by atoms with Gasteiger partial charge in [0.1, 0.15) is 0 Å². The summed E-state index contributed by atoms with van der Waals surface area (Å²) in [6, 6.07) is 0.810. The Hall–Kier alpha value is -0.120. The zero-order valence-electron chi connectivity index (χ0n) is 12.4. The molecule has 2 fully saturated rings. The van der Waals surface area contributed by atoms with Crippen molar-refractivity contribution in [1.29, 1.82) is 0 Å². The van der Waals surface area contributed by atoms with E-state index < -0.39 is 0 Å². The van der Waals surface area contributed by atoms with Gasteiger partial charge in [-0.25, -0.2) is 0 Å². The molecular formula is C15H30N2O. The van der Waals surface area contributed by atoms with E-state index in [-0.39, 0.29) is 5.60 Å². The summed E-state index contributed by atoms with van der Waals surface area (Å²) in [6.07, 6.45) is 7.26. The summed E-state index contributed by atoms with van der Waals surface area (Å²) in [5, 5.41) is 3.70. The molecule has 0 aromatic heterocycles. The van der Waals surface area contributed by atoms with E-state index in [9.17, 15) is 0 Å². The van der Waals surface area contributed by atoms with Crippen molar-refractivity contribution in [2.75, 3.05) is 26.2 Å². The molecular weight excluding hydrogens is 224 g/mol. The summed E-state index contributed by atoms with van der Waals surface area (Å²) in [5.41, 5.74) is 0.0244. The van der Waals surface area contributed by atoms with Crippen LogP contribution in [0.4, 0.5) is 0 Å². The van der Waals surface area contributed by atoms with Gasteiger partial charge in [0.15, 0.2) is 0 Å². The number of nitrogens with one attached hydrogen (secondary N) is 1. The van der Waals surface area contributed by atoms with E-state index in [1.165, 1.54) is 45.2 Å². The van der Waals surface area contributed by atoms with Gasteiger partial charge in [-0.15, -0.1) is 0 Å². The highest BCUT2D eigenvalue weighted by molar-refractivity contribution is 4.82. The Morgan fingerprint density at radius 2 is 2.00 bits per heavy atom. The maximum atomic E-state index is 5.93. The summed E-state index contributed by atoms with van der Waals surface area (Å²) in [4.78, 5) is 2.56. The van der Waals surface area contributed by atoms with Crippen LogP contribution in [0.25, 0.3) is 0 Å². The van der Waals surface area contributed by atoms with E-state index in [1.54, 1.807) is 0 Å². The van der Waals surface area contributed by atoms with Crippen molar-refractivity contribution in [2.45, 2.75) is 70.6 Å². The number of nitrogens with zero attached hydrogens (tertiary/aromatic N) is 1. The predicted molar refractivity (Wildman–Crippen MR) is 75.9 cm³/mol. The van der Waals surface area contributed by atoms with Crippen LogP contribution in [0, 0.1) is 0 Å². The summed E-state index contributed by atoms with van der Waals surface area (Å²) in [6.45, 7) is 11.1. The SMILES string of the molecule is CC1CN(CCCNC2CCCC2)CC(C)(C)O1. The number of hydrogen-bond donors (Lipinski definition) is 1. The molecule has 1 aliphatic heterocycles. The minimum absolute atomic E-state index is 0.0244. The second-order valence-corrected chi connectivity index (χ2v) is 6.71.